The number of nitrogens with one attached hydrogen (secondary N) is 1. The van der Waals surface area contributed by atoms with Gasteiger partial charge >= 0.3 is 0 Å². The van der Waals surface area contributed by atoms with Gasteiger partial charge in [-0.25, -0.2) is 0 Å². The summed E-state index contributed by atoms with van der Waals surface area (Å²) in [6.45, 7) is 9.03. The molecule has 1 aliphatic heterocycles. The molecule has 1 saturated heterocycles. The van der Waals surface area contributed by atoms with Crippen molar-refractivity contribution in [3.05, 3.63) is 60.1 Å². The molecule has 7 nitrogen and oxygen atoms in total. The van der Waals surface area contributed by atoms with Crippen molar-refractivity contribution >= 4 is 11.8 Å². The first-order valence-electron chi connectivity index (χ1n) is 11.1. The molecule has 7 heteroatoms. The number of furan rings is 1. The van der Waals surface area contributed by atoms with Gasteiger partial charge in [0, 0.05) is 38.8 Å². The molecule has 0 radical (unpaired) electrons. The Morgan fingerprint density at radius 2 is 1.68 bits per heavy atom. The zero-order chi connectivity index (χ0) is 22.1. The minimum Gasteiger partial charge on any atom is -0.467 e. The summed E-state index contributed by atoms with van der Waals surface area (Å²) in [5, 5.41) is 3.02. The number of piperazine rings is 1. The first-order valence-corrected chi connectivity index (χ1v) is 11.1. The van der Waals surface area contributed by atoms with Crippen LogP contribution in [0.15, 0.2) is 53.1 Å². The van der Waals surface area contributed by atoms with Crippen LogP contribution in [0.4, 0.5) is 0 Å². The van der Waals surface area contributed by atoms with Gasteiger partial charge in [0.05, 0.1) is 25.9 Å². The monoisotopic (exact) mass is 426 g/mol. The Kier molecular flexibility index (Phi) is 8.67. The molecule has 1 aliphatic rings. The third kappa shape index (κ3) is 7.52. The Labute approximate surface area is 185 Å². The van der Waals surface area contributed by atoms with Crippen LogP contribution in [0.1, 0.15) is 31.6 Å². The molecule has 0 saturated carbocycles. The van der Waals surface area contributed by atoms with Gasteiger partial charge in [-0.3, -0.25) is 19.4 Å². The molecule has 2 aromatic rings. The topological polar surface area (TPSA) is 69.0 Å². The van der Waals surface area contributed by atoms with E-state index in [1.807, 2.05) is 54.3 Å². The fourth-order valence-electron chi connectivity index (χ4n) is 3.65. The number of benzene rings is 1. The van der Waals surface area contributed by atoms with Gasteiger partial charge in [0.1, 0.15) is 5.76 Å². The average Bonchev–Trinajstić information content (AvgIpc) is 3.28. The minimum atomic E-state index is 0.0753. The SMILES string of the molecule is CCC(C)NC(=O)CN1CCN(CC(=O)N(Cc2ccccc2)Cc2ccco2)CC1. The highest BCUT2D eigenvalue weighted by Crippen LogP contribution is 2.12. The van der Waals surface area contributed by atoms with Crippen LogP contribution in [-0.4, -0.2) is 71.8 Å². The lowest BCUT2D eigenvalue weighted by Gasteiger charge is -2.35. The highest BCUT2D eigenvalue weighted by Gasteiger charge is 2.23. The number of amides is 2. The average molecular weight is 427 g/mol. The van der Waals surface area contributed by atoms with Crippen molar-refractivity contribution in [1.82, 2.24) is 20.0 Å². The summed E-state index contributed by atoms with van der Waals surface area (Å²) in [6.07, 6.45) is 2.57. The molecule has 1 fully saturated rings. The molecule has 31 heavy (non-hydrogen) atoms. The van der Waals surface area contributed by atoms with Crippen molar-refractivity contribution in [2.45, 2.75) is 39.4 Å². The van der Waals surface area contributed by atoms with Crippen LogP contribution in [0.5, 0.6) is 0 Å². The maximum atomic E-state index is 13.1. The minimum absolute atomic E-state index is 0.0753. The lowest BCUT2D eigenvalue weighted by atomic mass is 10.2. The number of rotatable bonds is 10. The Morgan fingerprint density at radius 1 is 1.00 bits per heavy atom. The molecule has 0 bridgehead atoms. The molecule has 2 heterocycles. The van der Waals surface area contributed by atoms with Crippen molar-refractivity contribution in [3.63, 3.8) is 0 Å². The predicted octanol–water partition coefficient (Wildman–Crippen LogP) is 2.34. The van der Waals surface area contributed by atoms with Gasteiger partial charge in [-0.05, 0) is 31.0 Å². The zero-order valence-corrected chi connectivity index (χ0v) is 18.6. The standard InChI is InChI=1S/C24H34N4O3/c1-3-20(2)25-23(29)18-26-11-13-27(14-12-26)19-24(30)28(17-22-10-7-15-31-22)16-21-8-5-4-6-9-21/h4-10,15,20H,3,11-14,16-19H2,1-2H3,(H,25,29). The van der Waals surface area contributed by atoms with E-state index in [9.17, 15) is 9.59 Å². The molecule has 1 aromatic heterocycles. The fourth-order valence-corrected chi connectivity index (χ4v) is 3.65. The van der Waals surface area contributed by atoms with E-state index in [1.165, 1.54) is 0 Å². The van der Waals surface area contributed by atoms with Crippen LogP contribution in [0.3, 0.4) is 0 Å². The molecule has 3 rings (SSSR count). The molecular formula is C24H34N4O3. The lowest BCUT2D eigenvalue weighted by Crippen LogP contribution is -2.52. The first-order chi connectivity index (χ1) is 15.0. The summed E-state index contributed by atoms with van der Waals surface area (Å²) in [6, 6.07) is 14.0. The van der Waals surface area contributed by atoms with Crippen molar-refractivity contribution in [2.24, 2.45) is 0 Å². The lowest BCUT2D eigenvalue weighted by molar-refractivity contribution is -0.134. The van der Waals surface area contributed by atoms with Crippen LogP contribution in [-0.2, 0) is 22.7 Å². The van der Waals surface area contributed by atoms with Crippen LogP contribution in [0, 0.1) is 0 Å². The van der Waals surface area contributed by atoms with Crippen LogP contribution in [0.2, 0.25) is 0 Å². The number of hydrogen-bond donors (Lipinski definition) is 1. The molecule has 1 N–H and O–H groups in total. The summed E-state index contributed by atoms with van der Waals surface area (Å²) in [5.74, 6) is 0.941. The van der Waals surface area contributed by atoms with E-state index >= 15 is 0 Å². The van der Waals surface area contributed by atoms with E-state index in [0.717, 1.165) is 43.9 Å². The van der Waals surface area contributed by atoms with E-state index < -0.39 is 0 Å². The summed E-state index contributed by atoms with van der Waals surface area (Å²) in [7, 11) is 0. The second kappa shape index (κ2) is 11.7. The van der Waals surface area contributed by atoms with Gasteiger partial charge in [-0.15, -0.1) is 0 Å². The smallest absolute Gasteiger partial charge is 0.237 e. The van der Waals surface area contributed by atoms with Gasteiger partial charge in [0.15, 0.2) is 0 Å². The van der Waals surface area contributed by atoms with Crippen LogP contribution >= 0.6 is 0 Å². The largest absolute Gasteiger partial charge is 0.467 e. The highest BCUT2D eigenvalue weighted by atomic mass is 16.3. The maximum absolute atomic E-state index is 13.1. The molecule has 1 aromatic carbocycles. The molecule has 1 unspecified atom stereocenters. The molecule has 0 spiro atoms. The van der Waals surface area contributed by atoms with Crippen LogP contribution in [0.25, 0.3) is 0 Å². The number of nitrogens with zero attached hydrogens (tertiary/aromatic N) is 3. The first kappa shape index (κ1) is 23.0. The predicted molar refractivity (Wildman–Crippen MR) is 120 cm³/mol. The van der Waals surface area contributed by atoms with Crippen LogP contribution < -0.4 is 5.32 Å². The Morgan fingerprint density at radius 3 is 2.29 bits per heavy atom. The van der Waals surface area contributed by atoms with E-state index in [-0.39, 0.29) is 17.9 Å². The molecule has 2 amide bonds. The molecule has 1 atom stereocenters. The summed E-state index contributed by atoms with van der Waals surface area (Å²) in [4.78, 5) is 31.4. The van der Waals surface area contributed by atoms with Crippen molar-refractivity contribution < 1.29 is 14.0 Å². The Balaban J connectivity index is 1.50. The van der Waals surface area contributed by atoms with Gasteiger partial charge < -0.3 is 14.6 Å². The second-order valence-corrected chi connectivity index (χ2v) is 8.24. The van der Waals surface area contributed by atoms with E-state index in [1.54, 1.807) is 6.26 Å². The normalized spacial score (nSPS) is 16.1. The Hall–Kier alpha value is -2.64. The molecule has 0 aliphatic carbocycles. The van der Waals surface area contributed by atoms with Gasteiger partial charge in [0.2, 0.25) is 11.8 Å². The molecular weight excluding hydrogens is 392 g/mol. The van der Waals surface area contributed by atoms with E-state index in [2.05, 4.69) is 22.0 Å². The van der Waals surface area contributed by atoms with Gasteiger partial charge in [-0.1, -0.05) is 37.3 Å². The van der Waals surface area contributed by atoms with Gasteiger partial charge in [-0.2, -0.15) is 0 Å². The van der Waals surface area contributed by atoms with Crippen molar-refractivity contribution in [1.29, 1.82) is 0 Å². The number of carbonyl (C=O) groups excluding carboxylic acids is 2. The second-order valence-electron chi connectivity index (χ2n) is 8.24. The van der Waals surface area contributed by atoms with E-state index in [0.29, 0.717) is 26.2 Å². The van der Waals surface area contributed by atoms with E-state index in [4.69, 9.17) is 4.42 Å². The zero-order valence-electron chi connectivity index (χ0n) is 18.6. The molecule has 168 valence electrons. The third-order valence-corrected chi connectivity index (χ3v) is 5.71. The van der Waals surface area contributed by atoms with Crippen molar-refractivity contribution in [2.75, 3.05) is 39.3 Å². The fraction of sp³-hybridized carbons (Fsp3) is 0.500. The third-order valence-electron chi connectivity index (χ3n) is 5.71. The van der Waals surface area contributed by atoms with Gasteiger partial charge in [0.25, 0.3) is 0 Å². The number of carbonyl (C=O) groups is 2. The quantitative estimate of drug-likeness (QED) is 0.632. The number of hydrogen-bond acceptors (Lipinski definition) is 5. The van der Waals surface area contributed by atoms with Crippen molar-refractivity contribution in [3.8, 4) is 0 Å². The Bertz CT molecular complexity index is 801. The summed E-state index contributed by atoms with van der Waals surface area (Å²) in [5.41, 5.74) is 1.10. The highest BCUT2D eigenvalue weighted by molar-refractivity contribution is 5.79. The summed E-state index contributed by atoms with van der Waals surface area (Å²) < 4.78 is 5.48. The summed E-state index contributed by atoms with van der Waals surface area (Å²) >= 11 is 0. The maximum Gasteiger partial charge on any atom is 0.237 e.